The molecule has 0 bridgehead atoms. The molecular formula is C9H16N4O2S. The van der Waals surface area contributed by atoms with E-state index in [1.165, 1.54) is 6.26 Å². The molecule has 16 heavy (non-hydrogen) atoms. The van der Waals surface area contributed by atoms with Gasteiger partial charge in [0.15, 0.2) is 0 Å². The maximum absolute atomic E-state index is 11.1. The second-order valence-corrected chi connectivity index (χ2v) is 6.10. The lowest BCUT2D eigenvalue weighted by molar-refractivity contribution is 0.224. The molecule has 1 unspecified atom stereocenters. The average molecular weight is 244 g/mol. The van der Waals surface area contributed by atoms with Gasteiger partial charge in [0.05, 0.1) is 24.3 Å². The van der Waals surface area contributed by atoms with Crippen LogP contribution in [0, 0.1) is 0 Å². The number of sulfonamides is 1. The van der Waals surface area contributed by atoms with Crippen LogP contribution in [0.3, 0.4) is 0 Å². The van der Waals surface area contributed by atoms with Crippen LogP contribution in [0.4, 0.5) is 0 Å². The molecule has 1 aliphatic heterocycles. The third-order valence-corrected chi connectivity index (χ3v) is 3.37. The summed E-state index contributed by atoms with van der Waals surface area (Å²) in [5, 5.41) is 0. The minimum absolute atomic E-state index is 0.117. The van der Waals surface area contributed by atoms with E-state index >= 15 is 0 Å². The summed E-state index contributed by atoms with van der Waals surface area (Å²) in [5.74, 6) is 0. The molecule has 1 atom stereocenters. The van der Waals surface area contributed by atoms with Gasteiger partial charge in [0.1, 0.15) is 0 Å². The molecule has 0 radical (unpaired) electrons. The monoisotopic (exact) mass is 244 g/mol. The van der Waals surface area contributed by atoms with E-state index in [1.807, 2.05) is 17.8 Å². The van der Waals surface area contributed by atoms with Crippen molar-refractivity contribution in [2.75, 3.05) is 26.4 Å². The van der Waals surface area contributed by atoms with Crippen LogP contribution < -0.4 is 4.72 Å². The fraction of sp³-hybridized carbons (Fsp3) is 0.667. The summed E-state index contributed by atoms with van der Waals surface area (Å²) in [6.07, 6.45) is 4.76. The number of rotatable bonds is 3. The Morgan fingerprint density at radius 3 is 3.06 bits per heavy atom. The van der Waals surface area contributed by atoms with Gasteiger partial charge in [0, 0.05) is 25.8 Å². The van der Waals surface area contributed by atoms with Gasteiger partial charge in [-0.1, -0.05) is 0 Å². The van der Waals surface area contributed by atoms with Crippen molar-refractivity contribution in [2.24, 2.45) is 0 Å². The standard InChI is InChI=1S/C9H16N4O2S/c1-12-5-8-3-10-7-13(8)9(6-12)4-11-16(2,14)15/h3,7,9,11H,4-6H2,1-2H3. The van der Waals surface area contributed by atoms with Crippen LogP contribution in [-0.2, 0) is 16.6 Å². The van der Waals surface area contributed by atoms with Crippen molar-refractivity contribution in [1.29, 1.82) is 0 Å². The molecule has 1 aliphatic rings. The highest BCUT2D eigenvalue weighted by molar-refractivity contribution is 7.88. The molecule has 0 aliphatic carbocycles. The van der Waals surface area contributed by atoms with Gasteiger partial charge in [-0.25, -0.2) is 18.1 Å². The van der Waals surface area contributed by atoms with E-state index in [9.17, 15) is 8.42 Å². The van der Waals surface area contributed by atoms with E-state index in [-0.39, 0.29) is 6.04 Å². The molecule has 2 rings (SSSR count). The number of aromatic nitrogens is 2. The molecule has 90 valence electrons. The molecule has 6 nitrogen and oxygen atoms in total. The van der Waals surface area contributed by atoms with Crippen molar-refractivity contribution in [3.63, 3.8) is 0 Å². The molecular weight excluding hydrogens is 228 g/mol. The number of likely N-dealkylation sites (N-methyl/N-ethyl adjacent to an activating group) is 1. The number of fused-ring (bicyclic) bond motifs is 1. The van der Waals surface area contributed by atoms with E-state index < -0.39 is 10.0 Å². The molecule has 0 aromatic carbocycles. The quantitative estimate of drug-likeness (QED) is 0.772. The Bertz CT molecular complexity index is 468. The Morgan fingerprint density at radius 1 is 1.62 bits per heavy atom. The van der Waals surface area contributed by atoms with Crippen LogP contribution in [0.5, 0.6) is 0 Å². The number of hydrogen-bond donors (Lipinski definition) is 1. The maximum atomic E-state index is 11.1. The van der Waals surface area contributed by atoms with Crippen molar-refractivity contribution in [3.05, 3.63) is 18.2 Å². The molecule has 7 heteroatoms. The summed E-state index contributed by atoms with van der Waals surface area (Å²) in [7, 11) is -1.11. The van der Waals surface area contributed by atoms with E-state index in [0.29, 0.717) is 6.54 Å². The van der Waals surface area contributed by atoms with Crippen LogP contribution in [0.25, 0.3) is 0 Å². The zero-order valence-corrected chi connectivity index (χ0v) is 10.2. The molecule has 0 spiro atoms. The maximum Gasteiger partial charge on any atom is 0.208 e. The van der Waals surface area contributed by atoms with Gasteiger partial charge in [-0.2, -0.15) is 0 Å². The van der Waals surface area contributed by atoms with Crippen molar-refractivity contribution in [3.8, 4) is 0 Å². The van der Waals surface area contributed by atoms with E-state index in [2.05, 4.69) is 14.6 Å². The number of hydrogen-bond acceptors (Lipinski definition) is 4. The fourth-order valence-electron chi connectivity index (χ4n) is 1.98. The molecule has 0 amide bonds. The normalized spacial score (nSPS) is 22.0. The second kappa shape index (κ2) is 4.15. The molecule has 1 aromatic heterocycles. The first-order valence-electron chi connectivity index (χ1n) is 5.09. The Balaban J connectivity index is 2.12. The third kappa shape index (κ3) is 2.60. The second-order valence-electron chi connectivity index (χ2n) is 4.26. The summed E-state index contributed by atoms with van der Waals surface area (Å²) < 4.78 is 26.7. The van der Waals surface area contributed by atoms with Crippen molar-refractivity contribution in [2.45, 2.75) is 12.6 Å². The van der Waals surface area contributed by atoms with Gasteiger partial charge in [-0.05, 0) is 7.05 Å². The van der Waals surface area contributed by atoms with Crippen molar-refractivity contribution < 1.29 is 8.42 Å². The predicted octanol–water partition coefficient (Wildman–Crippen LogP) is -0.581. The van der Waals surface area contributed by atoms with Crippen LogP contribution in [0.1, 0.15) is 11.7 Å². The van der Waals surface area contributed by atoms with Crippen molar-refractivity contribution in [1.82, 2.24) is 19.2 Å². The lowest BCUT2D eigenvalue weighted by atomic mass is 10.2. The first kappa shape index (κ1) is 11.6. The third-order valence-electron chi connectivity index (χ3n) is 2.68. The zero-order chi connectivity index (χ0) is 11.8. The number of nitrogens with zero attached hydrogens (tertiary/aromatic N) is 3. The summed E-state index contributed by atoms with van der Waals surface area (Å²) in [6, 6.07) is 0.117. The van der Waals surface area contributed by atoms with Crippen molar-refractivity contribution >= 4 is 10.0 Å². The summed E-state index contributed by atoms with van der Waals surface area (Å²) in [6.45, 7) is 2.09. The van der Waals surface area contributed by atoms with Crippen LogP contribution >= 0.6 is 0 Å². The van der Waals surface area contributed by atoms with Crippen LogP contribution in [0.15, 0.2) is 12.5 Å². The molecule has 0 fully saturated rings. The predicted molar refractivity (Wildman–Crippen MR) is 60.4 cm³/mol. The van der Waals surface area contributed by atoms with Crippen LogP contribution in [-0.4, -0.2) is 49.3 Å². The summed E-state index contributed by atoms with van der Waals surface area (Å²) >= 11 is 0. The highest BCUT2D eigenvalue weighted by atomic mass is 32.2. The van der Waals surface area contributed by atoms with E-state index in [0.717, 1.165) is 18.8 Å². The van der Waals surface area contributed by atoms with E-state index in [1.54, 1.807) is 6.33 Å². The van der Waals surface area contributed by atoms with Crippen LogP contribution in [0.2, 0.25) is 0 Å². The molecule has 1 aromatic rings. The average Bonchev–Trinajstić information content (AvgIpc) is 2.60. The van der Waals surface area contributed by atoms with Gasteiger partial charge in [-0.15, -0.1) is 0 Å². The fourth-order valence-corrected chi connectivity index (χ4v) is 2.48. The minimum atomic E-state index is -3.13. The van der Waals surface area contributed by atoms with Gasteiger partial charge in [0.25, 0.3) is 0 Å². The Hall–Kier alpha value is -0.920. The Labute approximate surface area is 95.3 Å². The first-order valence-corrected chi connectivity index (χ1v) is 6.99. The molecule has 1 N–H and O–H groups in total. The first-order chi connectivity index (χ1) is 7.46. The topological polar surface area (TPSA) is 67.2 Å². The molecule has 0 saturated carbocycles. The highest BCUT2D eigenvalue weighted by Crippen LogP contribution is 2.18. The Morgan fingerprint density at radius 2 is 2.38 bits per heavy atom. The highest BCUT2D eigenvalue weighted by Gasteiger charge is 2.23. The van der Waals surface area contributed by atoms with Gasteiger partial charge in [0.2, 0.25) is 10.0 Å². The summed E-state index contributed by atoms with van der Waals surface area (Å²) in [4.78, 5) is 6.25. The summed E-state index contributed by atoms with van der Waals surface area (Å²) in [5.41, 5.74) is 1.12. The molecule has 0 saturated heterocycles. The SMILES string of the molecule is CN1Cc2cncn2C(CNS(C)(=O)=O)C1. The van der Waals surface area contributed by atoms with Gasteiger partial charge >= 0.3 is 0 Å². The zero-order valence-electron chi connectivity index (χ0n) is 9.42. The number of nitrogens with one attached hydrogen (secondary N) is 1. The Kier molecular flexibility index (Phi) is 3.00. The minimum Gasteiger partial charge on any atom is -0.328 e. The van der Waals surface area contributed by atoms with Gasteiger partial charge < -0.3 is 4.57 Å². The van der Waals surface area contributed by atoms with E-state index in [4.69, 9.17) is 0 Å². The van der Waals surface area contributed by atoms with Gasteiger partial charge in [-0.3, -0.25) is 4.90 Å². The smallest absolute Gasteiger partial charge is 0.208 e. The number of imidazole rings is 1. The molecule has 2 heterocycles. The lowest BCUT2D eigenvalue weighted by Crippen LogP contribution is -2.40. The lowest BCUT2D eigenvalue weighted by Gasteiger charge is -2.31. The largest absolute Gasteiger partial charge is 0.328 e.